The maximum absolute atomic E-state index is 13.5. The molecule has 9 heteroatoms. The van der Waals surface area contributed by atoms with Gasteiger partial charge >= 0.3 is 17.9 Å². The molecule has 1 spiro atoms. The smallest absolute Gasteiger partial charge is 0.343 e. The van der Waals surface area contributed by atoms with Gasteiger partial charge in [0.15, 0.2) is 12.2 Å². The van der Waals surface area contributed by atoms with Crippen molar-refractivity contribution in [2.45, 2.75) is 70.4 Å². The monoisotopic (exact) mass is 562 g/mol. The highest BCUT2D eigenvalue weighted by Gasteiger charge is 2.82. The molecule has 1 heterocycles. The number of Topliss-reactive ketones (excluding diaryl/α,β-unsaturated/α-hetero) is 1. The Morgan fingerprint density at radius 2 is 1.78 bits per heavy atom. The summed E-state index contributed by atoms with van der Waals surface area (Å²) in [7, 11) is 0. The van der Waals surface area contributed by atoms with Gasteiger partial charge in [-0.1, -0.05) is 37.3 Å². The predicted octanol–water partition coefficient (Wildman–Crippen LogP) is 3.61. The Hall–Kier alpha value is -3.56. The number of carbonyl (C=O) groups excluding carboxylic acids is 4. The van der Waals surface area contributed by atoms with Crippen LogP contribution in [0.5, 0.6) is 0 Å². The van der Waals surface area contributed by atoms with Gasteiger partial charge in [0, 0.05) is 24.7 Å². The highest BCUT2D eigenvalue weighted by molar-refractivity contribution is 5.92. The second-order valence-electron chi connectivity index (χ2n) is 12.3. The molecule has 0 aromatic heterocycles. The lowest BCUT2D eigenvalue weighted by atomic mass is 9.48. The summed E-state index contributed by atoms with van der Waals surface area (Å²) in [6, 6.07) is 8.80. The Balaban J connectivity index is 1.32. The summed E-state index contributed by atoms with van der Waals surface area (Å²) in [4.78, 5) is 49.7. The molecule has 1 aliphatic heterocycles. The summed E-state index contributed by atoms with van der Waals surface area (Å²) in [6.45, 7) is 5.80. The van der Waals surface area contributed by atoms with Gasteiger partial charge in [0.25, 0.3) is 0 Å². The molecule has 9 nitrogen and oxygen atoms in total. The summed E-state index contributed by atoms with van der Waals surface area (Å²) >= 11 is 0. The molecule has 6 rings (SSSR count). The molecule has 4 aliphatic carbocycles. The SMILES string of the molecule is CC(=O)OCC(=O)[C@@]1(O)[C@H](OC(C)=O)CC2C3CC=C4C=C(OC(=O)c5ccccc5)C=C[C@]4(C)[C@@]34O[C@@H]4C[C@@]21C. The summed E-state index contributed by atoms with van der Waals surface area (Å²) in [5.74, 6) is -2.21. The fourth-order valence-electron chi connectivity index (χ4n) is 8.30. The molecule has 1 saturated heterocycles. The Morgan fingerprint density at radius 3 is 2.46 bits per heavy atom. The minimum absolute atomic E-state index is 0.0833. The van der Waals surface area contributed by atoms with E-state index in [1.54, 1.807) is 30.3 Å². The largest absolute Gasteiger partial charge is 0.459 e. The van der Waals surface area contributed by atoms with Crippen LogP contribution in [0, 0.1) is 22.7 Å². The van der Waals surface area contributed by atoms with Crippen molar-refractivity contribution < 1.29 is 43.2 Å². The fraction of sp³-hybridized carbons (Fsp3) is 0.500. The first-order chi connectivity index (χ1) is 19.4. The number of epoxide rings is 1. The number of benzene rings is 1. The average Bonchev–Trinajstić information content (AvgIpc) is 3.61. The molecule has 1 aromatic rings. The molecule has 0 bridgehead atoms. The van der Waals surface area contributed by atoms with E-state index in [-0.39, 0.29) is 24.4 Å². The number of rotatable bonds is 6. The van der Waals surface area contributed by atoms with Gasteiger partial charge in [-0.2, -0.15) is 0 Å². The minimum atomic E-state index is -2.04. The molecule has 5 aliphatic rings. The Labute approximate surface area is 238 Å². The Bertz CT molecular complexity index is 1430. The third-order valence-corrected chi connectivity index (χ3v) is 10.3. The zero-order chi connectivity index (χ0) is 29.4. The molecule has 41 heavy (non-hydrogen) atoms. The standard InChI is InChI=1S/C32H34O9/c1-18(33)38-17-25(35)31(37)26(39-19(2)34)15-24-23-11-10-21-14-22(40-28(36)20-8-6-5-7-9-20)12-13-29(21,3)32(23)27(41-32)16-30(24,31)4/h5-10,12-14,23-24,26-27,37H,11,15-17H2,1-4H3/t23?,24?,26-,27-,29+,30+,31-,32-/m1/s1. The molecule has 1 aromatic carbocycles. The first-order valence-corrected chi connectivity index (χ1v) is 14.0. The van der Waals surface area contributed by atoms with E-state index in [4.69, 9.17) is 18.9 Å². The number of ketones is 1. The number of allylic oxidation sites excluding steroid dienone is 3. The highest BCUT2D eigenvalue weighted by atomic mass is 16.6. The highest BCUT2D eigenvalue weighted by Crippen LogP contribution is 2.75. The van der Waals surface area contributed by atoms with Crippen molar-refractivity contribution >= 4 is 23.7 Å². The second-order valence-corrected chi connectivity index (χ2v) is 12.3. The lowest BCUT2D eigenvalue weighted by Gasteiger charge is -2.54. The summed E-state index contributed by atoms with van der Waals surface area (Å²) in [6.07, 6.45) is 7.73. The lowest BCUT2D eigenvalue weighted by molar-refractivity contribution is -0.186. The zero-order valence-electron chi connectivity index (χ0n) is 23.5. The molecule has 0 amide bonds. The third kappa shape index (κ3) is 3.82. The predicted molar refractivity (Wildman–Crippen MR) is 144 cm³/mol. The van der Waals surface area contributed by atoms with Gasteiger partial charge in [-0.3, -0.25) is 14.4 Å². The van der Waals surface area contributed by atoms with Crippen LogP contribution in [0.2, 0.25) is 0 Å². The topological polar surface area (TPSA) is 129 Å². The lowest BCUT2D eigenvalue weighted by Crippen LogP contribution is -2.63. The fourth-order valence-corrected chi connectivity index (χ4v) is 8.30. The molecule has 216 valence electrons. The van der Waals surface area contributed by atoms with Crippen LogP contribution in [-0.2, 0) is 33.3 Å². The van der Waals surface area contributed by atoms with Gasteiger partial charge < -0.3 is 24.1 Å². The maximum atomic E-state index is 13.5. The van der Waals surface area contributed by atoms with Crippen LogP contribution < -0.4 is 0 Å². The number of esters is 3. The normalized spacial score (nSPS) is 39.5. The molecular formula is C32H34O9. The number of fused-ring (bicyclic) bond motifs is 3. The van der Waals surface area contributed by atoms with Crippen molar-refractivity contribution in [2.24, 2.45) is 22.7 Å². The summed E-state index contributed by atoms with van der Waals surface area (Å²) in [5.41, 5.74) is -2.70. The van der Waals surface area contributed by atoms with Crippen LogP contribution in [0.1, 0.15) is 57.3 Å². The van der Waals surface area contributed by atoms with Crippen LogP contribution in [0.3, 0.4) is 0 Å². The van der Waals surface area contributed by atoms with Crippen LogP contribution in [-0.4, -0.2) is 58.8 Å². The zero-order valence-corrected chi connectivity index (χ0v) is 23.5. The van der Waals surface area contributed by atoms with Crippen molar-refractivity contribution in [1.29, 1.82) is 0 Å². The van der Waals surface area contributed by atoms with Crippen molar-refractivity contribution in [3.63, 3.8) is 0 Å². The van der Waals surface area contributed by atoms with Gasteiger partial charge in [-0.05, 0) is 67.9 Å². The van der Waals surface area contributed by atoms with E-state index in [9.17, 15) is 24.3 Å². The third-order valence-electron chi connectivity index (χ3n) is 10.3. The van der Waals surface area contributed by atoms with Gasteiger partial charge in [0.2, 0.25) is 5.78 Å². The van der Waals surface area contributed by atoms with E-state index in [1.807, 2.05) is 25.1 Å². The van der Waals surface area contributed by atoms with Gasteiger partial charge in [0.05, 0.1) is 11.7 Å². The van der Waals surface area contributed by atoms with Crippen molar-refractivity contribution in [3.8, 4) is 0 Å². The number of hydrogen-bond donors (Lipinski definition) is 1. The molecular weight excluding hydrogens is 528 g/mol. The summed E-state index contributed by atoms with van der Waals surface area (Å²) in [5, 5.41) is 12.1. The molecule has 0 radical (unpaired) electrons. The first-order valence-electron chi connectivity index (χ1n) is 14.0. The molecule has 3 fully saturated rings. The minimum Gasteiger partial charge on any atom is -0.459 e. The molecule has 2 unspecified atom stereocenters. The quantitative estimate of drug-likeness (QED) is 0.314. The number of carbonyl (C=O) groups is 4. The van der Waals surface area contributed by atoms with Crippen LogP contribution in [0.25, 0.3) is 0 Å². The Kier molecular flexibility index (Phi) is 6.21. The van der Waals surface area contributed by atoms with E-state index in [1.165, 1.54) is 13.8 Å². The number of ether oxygens (including phenoxy) is 4. The van der Waals surface area contributed by atoms with Crippen molar-refractivity contribution in [2.75, 3.05) is 6.61 Å². The van der Waals surface area contributed by atoms with Gasteiger partial charge in [-0.15, -0.1) is 0 Å². The van der Waals surface area contributed by atoms with E-state index >= 15 is 0 Å². The van der Waals surface area contributed by atoms with Crippen molar-refractivity contribution in [3.05, 3.63) is 71.5 Å². The number of aliphatic hydroxyl groups is 1. The van der Waals surface area contributed by atoms with Crippen LogP contribution >= 0.6 is 0 Å². The number of hydrogen-bond acceptors (Lipinski definition) is 9. The van der Waals surface area contributed by atoms with Crippen LogP contribution in [0.4, 0.5) is 0 Å². The van der Waals surface area contributed by atoms with E-state index in [0.717, 1.165) is 5.57 Å². The Morgan fingerprint density at radius 1 is 1.05 bits per heavy atom. The van der Waals surface area contributed by atoms with E-state index in [2.05, 4.69) is 13.0 Å². The molecule has 2 saturated carbocycles. The summed E-state index contributed by atoms with van der Waals surface area (Å²) < 4.78 is 22.8. The second kappa shape index (κ2) is 9.22. The van der Waals surface area contributed by atoms with E-state index in [0.29, 0.717) is 24.2 Å². The maximum Gasteiger partial charge on any atom is 0.343 e. The van der Waals surface area contributed by atoms with Crippen LogP contribution in [0.15, 0.2) is 66.0 Å². The first kappa shape index (κ1) is 27.6. The van der Waals surface area contributed by atoms with E-state index < -0.39 is 58.4 Å². The van der Waals surface area contributed by atoms with Gasteiger partial charge in [0.1, 0.15) is 17.5 Å². The van der Waals surface area contributed by atoms with Crippen molar-refractivity contribution in [1.82, 2.24) is 0 Å². The van der Waals surface area contributed by atoms with Gasteiger partial charge in [-0.25, -0.2) is 4.79 Å². The molecule has 1 N–H and O–H groups in total. The molecule has 8 atom stereocenters. The average molecular weight is 563 g/mol.